The Bertz CT molecular complexity index is 370. The number of carbonyl (C=O) groups is 1. The first kappa shape index (κ1) is 13.2. The van der Waals surface area contributed by atoms with E-state index in [0.717, 1.165) is 5.70 Å². The van der Waals surface area contributed by atoms with Crippen LogP contribution in [-0.4, -0.2) is 42.4 Å². The van der Waals surface area contributed by atoms with Gasteiger partial charge in [-0.1, -0.05) is 12.2 Å². The molecule has 0 radical (unpaired) electrons. The number of carbonyl (C=O) groups excluding carboxylic acids is 1. The molecule has 1 aliphatic heterocycles. The molecular weight excluding hydrogens is 235 g/mol. The fourth-order valence-electron chi connectivity index (χ4n) is 2.49. The summed E-state index contributed by atoms with van der Waals surface area (Å²) in [6, 6.07) is 0.0333. The first-order valence-electron chi connectivity index (χ1n) is 6.25. The van der Waals surface area contributed by atoms with Crippen molar-refractivity contribution < 1.29 is 13.9 Å². The highest BCUT2D eigenvalue weighted by molar-refractivity contribution is 5.52. The maximum atomic E-state index is 14.1. The van der Waals surface area contributed by atoms with Crippen LogP contribution in [0, 0.1) is 0 Å². The van der Waals surface area contributed by atoms with Crippen LogP contribution < -0.4 is 5.32 Å². The predicted octanol–water partition coefficient (Wildman–Crippen LogP) is 1.35. The topological polar surface area (TPSA) is 41.6 Å². The van der Waals surface area contributed by atoms with Gasteiger partial charge in [0.2, 0.25) is 6.41 Å². The van der Waals surface area contributed by atoms with Gasteiger partial charge in [-0.05, 0) is 26.3 Å². The molecule has 0 bridgehead atoms. The molecule has 4 nitrogen and oxygen atoms in total. The number of halogens is 1. The van der Waals surface area contributed by atoms with E-state index >= 15 is 0 Å². The average molecular weight is 254 g/mol. The van der Waals surface area contributed by atoms with E-state index in [9.17, 15) is 9.18 Å². The molecule has 1 amide bonds. The van der Waals surface area contributed by atoms with Crippen LogP contribution in [0.4, 0.5) is 4.39 Å². The third-order valence-corrected chi connectivity index (χ3v) is 3.35. The molecule has 0 aromatic rings. The minimum Gasteiger partial charge on any atom is -0.370 e. The predicted molar refractivity (Wildman–Crippen MR) is 66.4 cm³/mol. The Labute approximate surface area is 106 Å². The number of alkyl halides is 1. The van der Waals surface area contributed by atoms with E-state index < -0.39 is 12.4 Å². The molecule has 4 unspecified atom stereocenters. The molecule has 1 saturated heterocycles. The number of nitrogens with zero attached hydrogens (tertiary/aromatic N) is 1. The Morgan fingerprint density at radius 3 is 2.94 bits per heavy atom. The first-order valence-corrected chi connectivity index (χ1v) is 6.25. The van der Waals surface area contributed by atoms with Gasteiger partial charge in [0.05, 0.1) is 12.2 Å². The highest BCUT2D eigenvalue weighted by Gasteiger charge is 2.36. The maximum absolute atomic E-state index is 14.1. The van der Waals surface area contributed by atoms with Crippen LogP contribution in [-0.2, 0) is 9.53 Å². The van der Waals surface area contributed by atoms with Crippen LogP contribution in [0.25, 0.3) is 0 Å². The van der Waals surface area contributed by atoms with Crippen LogP contribution in [0.3, 0.4) is 0 Å². The largest absolute Gasteiger partial charge is 0.370 e. The van der Waals surface area contributed by atoms with Crippen molar-refractivity contribution in [1.29, 1.82) is 0 Å². The lowest BCUT2D eigenvalue weighted by Crippen LogP contribution is -2.54. The van der Waals surface area contributed by atoms with Crippen LogP contribution >= 0.6 is 0 Å². The zero-order valence-electron chi connectivity index (χ0n) is 10.7. The number of rotatable bonds is 3. The Morgan fingerprint density at radius 2 is 2.33 bits per heavy atom. The highest BCUT2D eigenvalue weighted by atomic mass is 19.1. The summed E-state index contributed by atoms with van der Waals surface area (Å²) in [6.07, 6.45) is 5.57. The summed E-state index contributed by atoms with van der Waals surface area (Å²) >= 11 is 0. The summed E-state index contributed by atoms with van der Waals surface area (Å²) in [4.78, 5) is 12.1. The SMILES string of the molecule is CC1CN(C2C=CC(NC=O)=CC2)C(F)C(C)O1. The monoisotopic (exact) mass is 254 g/mol. The van der Waals surface area contributed by atoms with Crippen molar-refractivity contribution >= 4 is 6.41 Å². The van der Waals surface area contributed by atoms with Gasteiger partial charge in [-0.3, -0.25) is 9.69 Å². The number of hydrogen-bond acceptors (Lipinski definition) is 3. The molecule has 18 heavy (non-hydrogen) atoms. The van der Waals surface area contributed by atoms with Gasteiger partial charge >= 0.3 is 0 Å². The second kappa shape index (κ2) is 5.63. The van der Waals surface area contributed by atoms with E-state index in [1.807, 2.05) is 30.1 Å². The fraction of sp³-hybridized carbons (Fsp3) is 0.615. The Kier molecular flexibility index (Phi) is 4.14. The van der Waals surface area contributed by atoms with E-state index in [1.54, 1.807) is 6.92 Å². The summed E-state index contributed by atoms with van der Waals surface area (Å²) in [5.41, 5.74) is 0.769. The molecule has 0 saturated carbocycles. The van der Waals surface area contributed by atoms with Crippen molar-refractivity contribution in [2.75, 3.05) is 6.54 Å². The van der Waals surface area contributed by atoms with Crippen molar-refractivity contribution in [1.82, 2.24) is 10.2 Å². The molecule has 0 aromatic carbocycles. The van der Waals surface area contributed by atoms with Crippen molar-refractivity contribution in [3.63, 3.8) is 0 Å². The smallest absolute Gasteiger partial charge is 0.211 e. The van der Waals surface area contributed by atoms with E-state index in [-0.39, 0.29) is 12.1 Å². The van der Waals surface area contributed by atoms with Gasteiger partial charge in [-0.15, -0.1) is 0 Å². The number of amides is 1. The molecule has 1 aliphatic carbocycles. The third-order valence-electron chi connectivity index (χ3n) is 3.35. The highest BCUT2D eigenvalue weighted by Crippen LogP contribution is 2.25. The maximum Gasteiger partial charge on any atom is 0.211 e. The zero-order valence-corrected chi connectivity index (χ0v) is 10.7. The molecule has 4 atom stereocenters. The Balaban J connectivity index is 2.00. The quantitative estimate of drug-likeness (QED) is 0.610. The normalized spacial score (nSPS) is 37.2. The van der Waals surface area contributed by atoms with Gasteiger partial charge in [0, 0.05) is 18.3 Å². The van der Waals surface area contributed by atoms with Crippen molar-refractivity contribution in [3.8, 4) is 0 Å². The van der Waals surface area contributed by atoms with E-state index in [4.69, 9.17) is 4.74 Å². The summed E-state index contributed by atoms with van der Waals surface area (Å²) in [5, 5.41) is 2.59. The summed E-state index contributed by atoms with van der Waals surface area (Å²) in [6.45, 7) is 4.30. The van der Waals surface area contributed by atoms with Gasteiger partial charge in [0.25, 0.3) is 0 Å². The Hall–Kier alpha value is -1.20. The van der Waals surface area contributed by atoms with Gasteiger partial charge in [-0.2, -0.15) is 0 Å². The van der Waals surface area contributed by atoms with E-state index in [2.05, 4.69) is 5.32 Å². The lowest BCUT2D eigenvalue weighted by molar-refractivity contribution is -0.153. The molecule has 0 spiro atoms. The molecule has 2 rings (SSSR count). The average Bonchev–Trinajstić information content (AvgIpc) is 2.35. The molecule has 2 aliphatic rings. The van der Waals surface area contributed by atoms with Crippen molar-refractivity contribution in [2.24, 2.45) is 0 Å². The lowest BCUT2D eigenvalue weighted by Gasteiger charge is -2.42. The first-order chi connectivity index (χ1) is 8.61. The van der Waals surface area contributed by atoms with E-state index in [1.165, 1.54) is 0 Å². The van der Waals surface area contributed by atoms with Crippen molar-refractivity contribution in [2.45, 2.75) is 44.8 Å². The molecule has 5 heteroatoms. The number of allylic oxidation sites excluding steroid dienone is 1. The van der Waals surface area contributed by atoms with Crippen LogP contribution in [0.1, 0.15) is 20.3 Å². The number of ether oxygens (including phenoxy) is 1. The standard InChI is InChI=1S/C13H19FN2O2/c1-9-7-16(13(14)10(2)18-9)12-5-3-11(4-6-12)15-8-17/h3-5,8-10,12-13H,6-7H2,1-2H3,(H,15,17). The molecule has 1 fully saturated rings. The van der Waals surface area contributed by atoms with Gasteiger partial charge in [0.1, 0.15) is 0 Å². The molecular formula is C13H19FN2O2. The number of hydrogen-bond donors (Lipinski definition) is 1. The second-order valence-corrected chi connectivity index (χ2v) is 4.81. The fourth-order valence-corrected chi connectivity index (χ4v) is 2.49. The Morgan fingerprint density at radius 1 is 1.56 bits per heavy atom. The van der Waals surface area contributed by atoms with Gasteiger partial charge in [0.15, 0.2) is 6.30 Å². The van der Waals surface area contributed by atoms with Gasteiger partial charge in [-0.25, -0.2) is 4.39 Å². The summed E-state index contributed by atoms with van der Waals surface area (Å²) in [5.74, 6) is 0. The molecule has 1 heterocycles. The minimum atomic E-state index is -1.08. The minimum absolute atomic E-state index is 0.0333. The van der Waals surface area contributed by atoms with Gasteiger partial charge < -0.3 is 10.1 Å². The van der Waals surface area contributed by atoms with Crippen LogP contribution in [0.15, 0.2) is 23.9 Å². The number of nitrogens with one attached hydrogen (secondary N) is 1. The molecule has 100 valence electrons. The number of morpholine rings is 1. The van der Waals surface area contributed by atoms with Crippen molar-refractivity contribution in [3.05, 3.63) is 23.9 Å². The lowest BCUT2D eigenvalue weighted by atomic mass is 10.0. The zero-order chi connectivity index (χ0) is 13.1. The third kappa shape index (κ3) is 2.79. The molecule has 0 aromatic heterocycles. The van der Waals surface area contributed by atoms with Crippen LogP contribution in [0.2, 0.25) is 0 Å². The summed E-state index contributed by atoms with van der Waals surface area (Å²) < 4.78 is 19.6. The van der Waals surface area contributed by atoms with Crippen LogP contribution in [0.5, 0.6) is 0 Å². The second-order valence-electron chi connectivity index (χ2n) is 4.81. The summed E-state index contributed by atoms with van der Waals surface area (Å²) in [7, 11) is 0. The molecule has 1 N–H and O–H groups in total. The van der Waals surface area contributed by atoms with E-state index in [0.29, 0.717) is 19.4 Å².